The van der Waals surface area contributed by atoms with Gasteiger partial charge in [0, 0.05) is 36.8 Å². The number of aliphatic imine (C=N–C) groups is 1. The van der Waals surface area contributed by atoms with Crippen molar-refractivity contribution in [3.8, 4) is 0 Å². The zero-order chi connectivity index (χ0) is 20.9. The number of hydrogen-bond acceptors (Lipinski definition) is 3. The molecule has 2 N–H and O–H groups in total. The number of aryl methyl sites for hydroxylation is 1. The summed E-state index contributed by atoms with van der Waals surface area (Å²) in [4.78, 5) is 4.63. The van der Waals surface area contributed by atoms with Crippen LogP contribution in [0.4, 0.5) is 0 Å². The third kappa shape index (κ3) is 5.72. The Kier molecular flexibility index (Phi) is 7.12. The van der Waals surface area contributed by atoms with E-state index >= 15 is 0 Å². The molecule has 0 bridgehead atoms. The molecule has 0 heterocycles. The highest BCUT2D eigenvalue weighted by Crippen LogP contribution is 2.29. The molecule has 0 radical (unpaired) electrons. The first-order valence-electron chi connectivity index (χ1n) is 9.04. The number of guanidine groups is 1. The first kappa shape index (κ1) is 22.2. The molecule has 152 valence electrons. The van der Waals surface area contributed by atoms with Crippen LogP contribution in [-0.2, 0) is 21.8 Å². The van der Waals surface area contributed by atoms with Gasteiger partial charge in [0.25, 0.3) is 0 Å². The molecule has 0 aliphatic carbocycles. The molecule has 2 aromatic rings. The van der Waals surface area contributed by atoms with Crippen LogP contribution in [-0.4, -0.2) is 34.2 Å². The van der Waals surface area contributed by atoms with Crippen LogP contribution in [0.15, 0.2) is 52.4 Å². The maximum Gasteiger partial charge on any atom is 0.191 e. The van der Waals surface area contributed by atoms with Crippen LogP contribution in [0, 0.1) is 6.92 Å². The van der Waals surface area contributed by atoms with Crippen LogP contribution in [0.25, 0.3) is 0 Å². The number of halogens is 1. The first-order valence-corrected chi connectivity index (χ1v) is 11.3. The molecule has 2 rings (SSSR count). The molecule has 5 nitrogen and oxygen atoms in total. The third-order valence-electron chi connectivity index (χ3n) is 4.62. The van der Waals surface area contributed by atoms with E-state index in [0.29, 0.717) is 23.9 Å². The molecule has 0 fully saturated rings. The predicted octanol–water partition coefficient (Wildman–Crippen LogP) is 3.69. The van der Waals surface area contributed by atoms with Gasteiger partial charge < -0.3 is 10.6 Å². The van der Waals surface area contributed by atoms with Crippen molar-refractivity contribution < 1.29 is 8.42 Å². The van der Waals surface area contributed by atoms with Crippen molar-refractivity contribution in [1.29, 1.82) is 0 Å². The van der Waals surface area contributed by atoms with Crippen LogP contribution >= 0.6 is 11.6 Å². The normalized spacial score (nSPS) is 12.7. The Balaban J connectivity index is 2.00. The Morgan fingerprint density at radius 3 is 2.39 bits per heavy atom. The SMILES string of the molecule is CN=C(NCc1ccc(S(C)(=O)=O)c(C)c1)NCC(C)(C)c1ccccc1Cl. The van der Waals surface area contributed by atoms with Gasteiger partial charge in [0.15, 0.2) is 15.8 Å². The molecule has 28 heavy (non-hydrogen) atoms. The zero-order valence-electron chi connectivity index (χ0n) is 17.0. The standard InChI is InChI=1S/C21H28ClN3O2S/c1-15-12-16(10-11-19(15)28(5,26)27)13-24-20(23-4)25-14-21(2,3)17-8-6-7-9-18(17)22/h6-12H,13-14H2,1-5H3,(H2,23,24,25). The Labute approximate surface area is 173 Å². The molecule has 0 aromatic heterocycles. The van der Waals surface area contributed by atoms with E-state index < -0.39 is 9.84 Å². The highest BCUT2D eigenvalue weighted by Gasteiger charge is 2.23. The van der Waals surface area contributed by atoms with Gasteiger partial charge in [-0.05, 0) is 35.7 Å². The summed E-state index contributed by atoms with van der Waals surface area (Å²) >= 11 is 6.34. The summed E-state index contributed by atoms with van der Waals surface area (Å²) < 4.78 is 23.5. The fraction of sp³-hybridized carbons (Fsp3) is 0.381. The number of sulfone groups is 1. The monoisotopic (exact) mass is 421 g/mol. The summed E-state index contributed by atoms with van der Waals surface area (Å²) in [5, 5.41) is 7.36. The summed E-state index contributed by atoms with van der Waals surface area (Å²) in [6, 6.07) is 13.2. The molecule has 0 spiro atoms. The van der Waals surface area contributed by atoms with Crippen molar-refractivity contribution >= 4 is 27.4 Å². The topological polar surface area (TPSA) is 70.6 Å². The third-order valence-corrected chi connectivity index (χ3v) is 6.21. The van der Waals surface area contributed by atoms with Crippen molar-refractivity contribution in [2.24, 2.45) is 4.99 Å². The molecule has 0 aliphatic heterocycles. The number of hydrogen-bond donors (Lipinski definition) is 2. The van der Waals surface area contributed by atoms with Crippen molar-refractivity contribution in [2.45, 2.75) is 37.6 Å². The maximum atomic E-state index is 11.7. The second-order valence-corrected chi connectivity index (χ2v) is 9.91. The van der Waals surface area contributed by atoms with Gasteiger partial charge in [-0.15, -0.1) is 0 Å². The van der Waals surface area contributed by atoms with Crippen LogP contribution in [0.5, 0.6) is 0 Å². The minimum atomic E-state index is -3.21. The van der Waals surface area contributed by atoms with E-state index in [0.717, 1.165) is 21.7 Å². The number of benzene rings is 2. The molecule has 7 heteroatoms. The lowest BCUT2D eigenvalue weighted by atomic mass is 9.84. The number of rotatable bonds is 6. The number of nitrogens with zero attached hydrogens (tertiary/aromatic N) is 1. The molecule has 0 atom stereocenters. The Bertz CT molecular complexity index is 969. The fourth-order valence-corrected chi connectivity index (χ4v) is 4.40. The molecule has 2 aromatic carbocycles. The van der Waals surface area contributed by atoms with Crippen LogP contribution in [0.1, 0.15) is 30.5 Å². The second-order valence-electron chi connectivity index (χ2n) is 7.52. The molecule has 0 saturated heterocycles. The second kappa shape index (κ2) is 8.97. The van der Waals surface area contributed by atoms with Gasteiger partial charge in [-0.1, -0.05) is 55.8 Å². The van der Waals surface area contributed by atoms with Gasteiger partial charge >= 0.3 is 0 Å². The highest BCUT2D eigenvalue weighted by atomic mass is 35.5. The minimum Gasteiger partial charge on any atom is -0.356 e. The maximum absolute atomic E-state index is 11.7. The highest BCUT2D eigenvalue weighted by molar-refractivity contribution is 7.90. The van der Waals surface area contributed by atoms with Crippen LogP contribution < -0.4 is 10.6 Å². The van der Waals surface area contributed by atoms with Crippen molar-refractivity contribution in [3.63, 3.8) is 0 Å². The first-order chi connectivity index (χ1) is 13.0. The van der Waals surface area contributed by atoms with E-state index in [1.165, 1.54) is 6.26 Å². The van der Waals surface area contributed by atoms with E-state index in [2.05, 4.69) is 29.5 Å². The lowest BCUT2D eigenvalue weighted by Crippen LogP contribution is -2.43. The Morgan fingerprint density at radius 2 is 1.82 bits per heavy atom. The average Bonchev–Trinajstić information content (AvgIpc) is 2.61. The summed E-state index contributed by atoms with van der Waals surface area (Å²) in [7, 11) is -1.49. The molecule has 0 amide bonds. The van der Waals surface area contributed by atoms with E-state index in [-0.39, 0.29) is 5.41 Å². The van der Waals surface area contributed by atoms with Crippen LogP contribution in [0.2, 0.25) is 5.02 Å². The smallest absolute Gasteiger partial charge is 0.191 e. The van der Waals surface area contributed by atoms with Gasteiger partial charge in [-0.25, -0.2) is 8.42 Å². The van der Waals surface area contributed by atoms with Gasteiger partial charge in [0.1, 0.15) is 0 Å². The van der Waals surface area contributed by atoms with E-state index in [9.17, 15) is 8.42 Å². The summed E-state index contributed by atoms with van der Waals surface area (Å²) in [5.74, 6) is 0.671. The summed E-state index contributed by atoms with van der Waals surface area (Å²) in [6.07, 6.45) is 1.22. The number of nitrogens with one attached hydrogen (secondary N) is 2. The van der Waals surface area contributed by atoms with Gasteiger partial charge in [0.05, 0.1) is 4.90 Å². The largest absolute Gasteiger partial charge is 0.356 e. The van der Waals surface area contributed by atoms with E-state index in [4.69, 9.17) is 11.6 Å². The summed E-state index contributed by atoms with van der Waals surface area (Å²) in [5.41, 5.74) is 2.62. The van der Waals surface area contributed by atoms with Gasteiger partial charge in [0.2, 0.25) is 0 Å². The summed E-state index contributed by atoms with van der Waals surface area (Å²) in [6.45, 7) is 7.25. The van der Waals surface area contributed by atoms with Crippen molar-refractivity contribution in [2.75, 3.05) is 19.8 Å². The molecular formula is C21H28ClN3O2S. The molecule has 0 aliphatic rings. The zero-order valence-corrected chi connectivity index (χ0v) is 18.6. The van der Waals surface area contributed by atoms with Crippen molar-refractivity contribution in [3.05, 3.63) is 64.2 Å². The Morgan fingerprint density at radius 1 is 1.14 bits per heavy atom. The van der Waals surface area contributed by atoms with E-state index in [1.54, 1.807) is 20.0 Å². The average molecular weight is 422 g/mol. The van der Waals surface area contributed by atoms with E-state index in [1.807, 2.05) is 36.4 Å². The van der Waals surface area contributed by atoms with Crippen LogP contribution in [0.3, 0.4) is 0 Å². The fourth-order valence-electron chi connectivity index (χ4n) is 3.05. The lowest BCUT2D eigenvalue weighted by Gasteiger charge is -2.27. The predicted molar refractivity (Wildman–Crippen MR) is 117 cm³/mol. The van der Waals surface area contributed by atoms with Gasteiger partial charge in [-0.2, -0.15) is 0 Å². The molecular weight excluding hydrogens is 394 g/mol. The minimum absolute atomic E-state index is 0.177. The van der Waals surface area contributed by atoms with Gasteiger partial charge in [-0.3, -0.25) is 4.99 Å². The van der Waals surface area contributed by atoms with Crippen molar-refractivity contribution in [1.82, 2.24) is 10.6 Å². The quantitative estimate of drug-likeness (QED) is 0.551. The lowest BCUT2D eigenvalue weighted by molar-refractivity contribution is 0.509. The molecule has 0 unspecified atom stereocenters. The molecule has 0 saturated carbocycles. The Hall–Kier alpha value is -2.05.